The van der Waals surface area contributed by atoms with Crippen LogP contribution in [-0.2, 0) is 6.54 Å². The number of rotatable bonds is 3. The van der Waals surface area contributed by atoms with Crippen molar-refractivity contribution in [1.29, 1.82) is 0 Å². The predicted octanol–water partition coefficient (Wildman–Crippen LogP) is 1.23. The average molecular weight is 178 g/mol. The Bertz CT molecular complexity index is 352. The van der Waals surface area contributed by atoms with Gasteiger partial charge < -0.3 is 10.3 Å². The molecule has 2 N–H and O–H groups in total. The summed E-state index contributed by atoms with van der Waals surface area (Å²) in [6, 6.07) is 3.47. The molecule has 70 valence electrons. The quantitative estimate of drug-likeness (QED) is 0.756. The van der Waals surface area contributed by atoms with Crippen LogP contribution in [0.1, 0.15) is 19.3 Å². The van der Waals surface area contributed by atoms with Gasteiger partial charge in [-0.05, 0) is 24.5 Å². The Morgan fingerprint density at radius 1 is 1.54 bits per heavy atom. The van der Waals surface area contributed by atoms with E-state index in [1.54, 1.807) is 16.8 Å². The normalized spacial score (nSPS) is 16.0. The van der Waals surface area contributed by atoms with Gasteiger partial charge in [0.25, 0.3) is 5.56 Å². The third kappa shape index (κ3) is 1.91. The molecule has 0 aliphatic heterocycles. The van der Waals surface area contributed by atoms with Gasteiger partial charge in [0, 0.05) is 12.7 Å². The highest BCUT2D eigenvalue weighted by Gasteiger charge is 2.20. The Morgan fingerprint density at radius 3 is 3.00 bits per heavy atom. The maximum absolute atomic E-state index is 11.4. The minimum Gasteiger partial charge on any atom is -0.394 e. The van der Waals surface area contributed by atoms with Crippen LogP contribution in [0.2, 0.25) is 0 Å². The molecule has 1 heterocycles. The summed E-state index contributed by atoms with van der Waals surface area (Å²) in [4.78, 5) is 11.4. The SMILES string of the molecule is Nc1cccn(CCC2CC2)c1=O. The summed E-state index contributed by atoms with van der Waals surface area (Å²) in [5.74, 6) is 0.855. The number of nitrogen functional groups attached to an aromatic ring is 1. The highest BCUT2D eigenvalue weighted by Crippen LogP contribution is 2.32. The zero-order valence-electron chi connectivity index (χ0n) is 7.57. The zero-order valence-corrected chi connectivity index (χ0v) is 7.57. The first kappa shape index (κ1) is 8.35. The van der Waals surface area contributed by atoms with Gasteiger partial charge >= 0.3 is 0 Å². The Kier molecular flexibility index (Phi) is 2.08. The number of aryl methyl sites for hydroxylation is 1. The van der Waals surface area contributed by atoms with E-state index in [1.807, 2.05) is 6.07 Å². The van der Waals surface area contributed by atoms with Crippen LogP contribution in [0.5, 0.6) is 0 Å². The Hall–Kier alpha value is -1.25. The van der Waals surface area contributed by atoms with Crippen molar-refractivity contribution in [3.8, 4) is 0 Å². The third-order valence-corrected chi connectivity index (χ3v) is 2.52. The molecule has 2 rings (SSSR count). The Morgan fingerprint density at radius 2 is 2.31 bits per heavy atom. The molecular weight excluding hydrogens is 164 g/mol. The lowest BCUT2D eigenvalue weighted by Crippen LogP contribution is -2.22. The van der Waals surface area contributed by atoms with Crippen molar-refractivity contribution in [3.63, 3.8) is 0 Å². The Balaban J connectivity index is 2.09. The third-order valence-electron chi connectivity index (χ3n) is 2.52. The van der Waals surface area contributed by atoms with E-state index in [2.05, 4.69) is 0 Å². The van der Waals surface area contributed by atoms with Crippen LogP contribution in [0.25, 0.3) is 0 Å². The monoisotopic (exact) mass is 178 g/mol. The number of nitrogens with two attached hydrogens (primary N) is 1. The first-order chi connectivity index (χ1) is 6.27. The van der Waals surface area contributed by atoms with E-state index >= 15 is 0 Å². The minimum absolute atomic E-state index is 0.0526. The average Bonchev–Trinajstić information content (AvgIpc) is 2.91. The van der Waals surface area contributed by atoms with Gasteiger partial charge in [0.1, 0.15) is 0 Å². The zero-order chi connectivity index (χ0) is 9.26. The molecule has 1 fully saturated rings. The number of pyridine rings is 1. The lowest BCUT2D eigenvalue weighted by Gasteiger charge is -2.04. The van der Waals surface area contributed by atoms with Gasteiger partial charge in [0.15, 0.2) is 0 Å². The lowest BCUT2D eigenvalue weighted by atomic mass is 10.3. The summed E-state index contributed by atoms with van der Waals surface area (Å²) in [7, 11) is 0. The van der Waals surface area contributed by atoms with E-state index < -0.39 is 0 Å². The molecule has 1 aromatic heterocycles. The number of hydrogen-bond acceptors (Lipinski definition) is 2. The molecule has 1 aliphatic carbocycles. The highest BCUT2D eigenvalue weighted by atomic mass is 16.1. The Labute approximate surface area is 77.2 Å². The molecule has 0 atom stereocenters. The van der Waals surface area contributed by atoms with E-state index in [0.29, 0.717) is 5.69 Å². The predicted molar refractivity (Wildman–Crippen MR) is 52.5 cm³/mol. The number of anilines is 1. The van der Waals surface area contributed by atoms with Crippen molar-refractivity contribution in [2.24, 2.45) is 5.92 Å². The molecule has 1 saturated carbocycles. The molecule has 13 heavy (non-hydrogen) atoms. The molecule has 0 aromatic carbocycles. The van der Waals surface area contributed by atoms with Gasteiger partial charge in [0.2, 0.25) is 0 Å². The minimum atomic E-state index is -0.0526. The van der Waals surface area contributed by atoms with Gasteiger partial charge in [-0.3, -0.25) is 4.79 Å². The van der Waals surface area contributed by atoms with Crippen molar-refractivity contribution >= 4 is 5.69 Å². The van der Waals surface area contributed by atoms with Gasteiger partial charge in [-0.2, -0.15) is 0 Å². The standard InChI is InChI=1S/C10H14N2O/c11-9-2-1-6-12(10(9)13)7-5-8-3-4-8/h1-2,6,8H,3-5,7,11H2. The maximum Gasteiger partial charge on any atom is 0.273 e. The van der Waals surface area contributed by atoms with Crippen molar-refractivity contribution in [1.82, 2.24) is 4.57 Å². The van der Waals surface area contributed by atoms with Crippen molar-refractivity contribution in [2.45, 2.75) is 25.8 Å². The molecule has 0 saturated heterocycles. The summed E-state index contributed by atoms with van der Waals surface area (Å²) in [5, 5.41) is 0. The van der Waals surface area contributed by atoms with Crippen LogP contribution in [0.15, 0.2) is 23.1 Å². The van der Waals surface area contributed by atoms with E-state index in [4.69, 9.17) is 5.73 Å². The molecular formula is C10H14N2O. The lowest BCUT2D eigenvalue weighted by molar-refractivity contribution is 0.582. The number of nitrogens with zero attached hydrogens (tertiary/aromatic N) is 1. The second-order valence-corrected chi connectivity index (χ2v) is 3.69. The maximum atomic E-state index is 11.4. The number of aromatic nitrogens is 1. The van der Waals surface area contributed by atoms with Gasteiger partial charge in [0.05, 0.1) is 5.69 Å². The number of hydrogen-bond donors (Lipinski definition) is 1. The van der Waals surface area contributed by atoms with Crippen molar-refractivity contribution < 1.29 is 0 Å². The summed E-state index contributed by atoms with van der Waals surface area (Å²) in [5.41, 5.74) is 5.80. The smallest absolute Gasteiger partial charge is 0.273 e. The van der Waals surface area contributed by atoms with Crippen LogP contribution in [0.4, 0.5) is 5.69 Å². The molecule has 0 unspecified atom stereocenters. The topological polar surface area (TPSA) is 48.0 Å². The van der Waals surface area contributed by atoms with Gasteiger partial charge in [-0.1, -0.05) is 12.8 Å². The first-order valence-corrected chi connectivity index (χ1v) is 4.72. The fraction of sp³-hybridized carbons (Fsp3) is 0.500. The van der Waals surface area contributed by atoms with E-state index in [9.17, 15) is 4.79 Å². The van der Waals surface area contributed by atoms with Gasteiger partial charge in [-0.25, -0.2) is 0 Å². The van der Waals surface area contributed by atoms with Crippen LogP contribution in [-0.4, -0.2) is 4.57 Å². The summed E-state index contributed by atoms with van der Waals surface area (Å²) >= 11 is 0. The van der Waals surface area contributed by atoms with Crippen LogP contribution in [0.3, 0.4) is 0 Å². The largest absolute Gasteiger partial charge is 0.394 e. The molecule has 3 heteroatoms. The summed E-state index contributed by atoms with van der Waals surface area (Å²) in [6.07, 6.45) is 5.58. The van der Waals surface area contributed by atoms with Crippen molar-refractivity contribution in [3.05, 3.63) is 28.7 Å². The second kappa shape index (κ2) is 3.24. The van der Waals surface area contributed by atoms with E-state index in [-0.39, 0.29) is 5.56 Å². The second-order valence-electron chi connectivity index (χ2n) is 3.69. The fourth-order valence-electron chi connectivity index (χ4n) is 1.46. The van der Waals surface area contributed by atoms with E-state index in [1.165, 1.54) is 12.8 Å². The first-order valence-electron chi connectivity index (χ1n) is 4.72. The van der Waals surface area contributed by atoms with E-state index in [0.717, 1.165) is 18.9 Å². The van der Waals surface area contributed by atoms with Crippen molar-refractivity contribution in [2.75, 3.05) is 5.73 Å². The molecule has 1 aliphatic rings. The van der Waals surface area contributed by atoms with Crippen LogP contribution >= 0.6 is 0 Å². The molecule has 0 bridgehead atoms. The molecule has 3 nitrogen and oxygen atoms in total. The van der Waals surface area contributed by atoms with Gasteiger partial charge in [-0.15, -0.1) is 0 Å². The summed E-state index contributed by atoms with van der Waals surface area (Å²) in [6.45, 7) is 0.814. The fourth-order valence-corrected chi connectivity index (χ4v) is 1.46. The summed E-state index contributed by atoms with van der Waals surface area (Å²) < 4.78 is 1.70. The molecule has 0 amide bonds. The molecule has 0 spiro atoms. The molecule has 0 radical (unpaired) electrons. The molecule has 1 aromatic rings. The highest BCUT2D eigenvalue weighted by molar-refractivity contribution is 5.33. The van der Waals surface area contributed by atoms with Crippen LogP contribution in [0, 0.1) is 5.92 Å². The van der Waals surface area contributed by atoms with Crippen LogP contribution < -0.4 is 11.3 Å².